The molecule has 0 bridgehead atoms. The lowest BCUT2D eigenvalue weighted by atomic mass is 9.86. The highest BCUT2D eigenvalue weighted by Crippen LogP contribution is 2.47. The van der Waals surface area contributed by atoms with Crippen molar-refractivity contribution in [1.82, 2.24) is 4.98 Å². The smallest absolute Gasteiger partial charge is 0.159 e. The van der Waals surface area contributed by atoms with E-state index in [1.807, 2.05) is 12.1 Å². The molecule has 2 aromatic rings. The van der Waals surface area contributed by atoms with E-state index in [4.69, 9.17) is 12.2 Å². The van der Waals surface area contributed by atoms with Gasteiger partial charge in [-0.15, -0.1) is 23.1 Å². The second-order valence-corrected chi connectivity index (χ2v) is 7.04. The van der Waals surface area contributed by atoms with Gasteiger partial charge in [0.25, 0.3) is 0 Å². The highest BCUT2D eigenvalue weighted by molar-refractivity contribution is 7.99. The Hall–Kier alpha value is -1.29. The van der Waals surface area contributed by atoms with Crippen LogP contribution in [0.3, 0.4) is 0 Å². The molecule has 3 rings (SSSR count). The first kappa shape index (κ1) is 12.7. The van der Waals surface area contributed by atoms with Crippen LogP contribution in [0.15, 0.2) is 29.3 Å². The zero-order valence-electron chi connectivity index (χ0n) is 9.79. The topological polar surface area (TPSA) is 59.8 Å². The number of hydrogen-bond donors (Lipinski definition) is 2. The van der Waals surface area contributed by atoms with E-state index >= 15 is 0 Å². The molecule has 96 valence electrons. The molecular formula is C13H10N2OS3. The molecule has 0 aliphatic carbocycles. The van der Waals surface area contributed by atoms with Gasteiger partial charge >= 0.3 is 0 Å². The van der Waals surface area contributed by atoms with Gasteiger partial charge < -0.3 is 10.1 Å². The molecule has 6 heteroatoms. The monoisotopic (exact) mass is 306 g/mol. The molecule has 1 aliphatic heterocycles. The summed E-state index contributed by atoms with van der Waals surface area (Å²) in [4.78, 5) is 4.23. The van der Waals surface area contributed by atoms with Crippen LogP contribution >= 0.6 is 35.3 Å². The van der Waals surface area contributed by atoms with Crippen LogP contribution in [0, 0.1) is 21.2 Å². The van der Waals surface area contributed by atoms with Crippen molar-refractivity contribution in [2.45, 2.75) is 10.9 Å². The van der Waals surface area contributed by atoms with Gasteiger partial charge in [-0.3, -0.25) is 0 Å². The highest BCUT2D eigenvalue weighted by atomic mass is 32.2. The summed E-state index contributed by atoms with van der Waals surface area (Å²) in [5.74, 6) is 0.711. The lowest BCUT2D eigenvalue weighted by molar-refractivity contribution is 0.458. The average molecular weight is 306 g/mol. The third kappa shape index (κ3) is 2.18. The third-order valence-electron chi connectivity index (χ3n) is 3.17. The number of rotatable bonds is 1. The second-order valence-electron chi connectivity index (χ2n) is 4.29. The molecule has 0 spiro atoms. The van der Waals surface area contributed by atoms with Crippen molar-refractivity contribution in [3.05, 3.63) is 38.7 Å². The van der Waals surface area contributed by atoms with Gasteiger partial charge in [0.15, 0.2) is 3.95 Å². The molecule has 19 heavy (non-hydrogen) atoms. The number of aromatic nitrogens is 1. The van der Waals surface area contributed by atoms with Crippen LogP contribution in [-0.2, 0) is 0 Å². The summed E-state index contributed by atoms with van der Waals surface area (Å²) < 4.78 is 0.719. The molecule has 1 aromatic carbocycles. The molecule has 3 nitrogen and oxygen atoms in total. The Bertz CT molecular complexity index is 713. The number of benzene rings is 1. The summed E-state index contributed by atoms with van der Waals surface area (Å²) in [6.07, 6.45) is 0. The standard InChI is InChI=1S/C13H10N2OS3/c14-5-7-6-18-12-11(19-13(17)15-12)10(7)8-3-1-2-4-9(8)16/h1-4,7,10,16H,6H2,(H,15,17)/t7-,10-/m1/s1. The number of aromatic amines is 1. The van der Waals surface area contributed by atoms with E-state index in [0.717, 1.165) is 19.4 Å². The van der Waals surface area contributed by atoms with Crippen molar-refractivity contribution < 1.29 is 5.11 Å². The van der Waals surface area contributed by atoms with Crippen LogP contribution < -0.4 is 0 Å². The lowest BCUT2D eigenvalue weighted by Gasteiger charge is -2.26. The van der Waals surface area contributed by atoms with Crippen LogP contribution in [0.25, 0.3) is 0 Å². The van der Waals surface area contributed by atoms with E-state index in [9.17, 15) is 10.4 Å². The molecule has 1 aliphatic rings. The van der Waals surface area contributed by atoms with Crippen LogP contribution in [0.2, 0.25) is 0 Å². The fraction of sp³-hybridized carbons (Fsp3) is 0.231. The van der Waals surface area contributed by atoms with E-state index in [1.54, 1.807) is 23.9 Å². The average Bonchev–Trinajstić information content (AvgIpc) is 2.78. The van der Waals surface area contributed by atoms with Crippen LogP contribution in [0.1, 0.15) is 16.4 Å². The number of phenolic OH excluding ortho intramolecular Hbond substituents is 1. The van der Waals surface area contributed by atoms with Gasteiger partial charge in [-0.2, -0.15) is 5.26 Å². The van der Waals surface area contributed by atoms with Gasteiger partial charge in [-0.1, -0.05) is 18.2 Å². The molecule has 0 saturated heterocycles. The first-order valence-corrected chi connectivity index (χ1v) is 7.95. The molecule has 2 N–H and O–H groups in total. The number of nitrogens with zero attached hydrogens (tertiary/aromatic N) is 1. The number of hydrogen-bond acceptors (Lipinski definition) is 5. The highest BCUT2D eigenvalue weighted by Gasteiger charge is 2.34. The maximum Gasteiger partial charge on any atom is 0.159 e. The second kappa shape index (κ2) is 5.00. The molecular weight excluding hydrogens is 296 g/mol. The summed E-state index contributed by atoms with van der Waals surface area (Å²) in [5, 5.41) is 20.5. The Morgan fingerprint density at radius 3 is 2.95 bits per heavy atom. The summed E-state index contributed by atoms with van der Waals surface area (Å²) in [7, 11) is 0. The number of thioether (sulfide) groups is 1. The quantitative estimate of drug-likeness (QED) is 0.785. The van der Waals surface area contributed by atoms with Gasteiger partial charge in [0.2, 0.25) is 0 Å². The Morgan fingerprint density at radius 1 is 1.42 bits per heavy atom. The lowest BCUT2D eigenvalue weighted by Crippen LogP contribution is -2.19. The predicted molar refractivity (Wildman–Crippen MR) is 79.3 cm³/mol. The van der Waals surface area contributed by atoms with Crippen molar-refractivity contribution in [3.8, 4) is 11.8 Å². The summed E-state index contributed by atoms with van der Waals surface area (Å²) >= 11 is 8.32. The van der Waals surface area contributed by atoms with Crippen molar-refractivity contribution in [3.63, 3.8) is 0 Å². The Balaban J connectivity index is 2.19. The molecule has 0 amide bonds. The Kier molecular flexibility index (Phi) is 3.35. The number of thiazole rings is 1. The van der Waals surface area contributed by atoms with Gasteiger partial charge in [0, 0.05) is 22.1 Å². The van der Waals surface area contributed by atoms with Gasteiger partial charge in [0.05, 0.1) is 17.0 Å². The first-order valence-electron chi connectivity index (χ1n) is 5.74. The van der Waals surface area contributed by atoms with Crippen molar-refractivity contribution in [2.75, 3.05) is 5.75 Å². The van der Waals surface area contributed by atoms with E-state index < -0.39 is 0 Å². The Labute approximate surface area is 123 Å². The van der Waals surface area contributed by atoms with Gasteiger partial charge in [-0.05, 0) is 18.3 Å². The number of fused-ring (bicyclic) bond motifs is 1. The van der Waals surface area contributed by atoms with Crippen molar-refractivity contribution >= 4 is 35.3 Å². The van der Waals surface area contributed by atoms with Gasteiger partial charge in [0.1, 0.15) is 5.75 Å². The number of nitriles is 1. The van der Waals surface area contributed by atoms with E-state index in [1.165, 1.54) is 11.3 Å². The van der Waals surface area contributed by atoms with Gasteiger partial charge in [-0.25, -0.2) is 0 Å². The van der Waals surface area contributed by atoms with E-state index in [-0.39, 0.29) is 17.6 Å². The largest absolute Gasteiger partial charge is 0.508 e. The molecule has 0 unspecified atom stereocenters. The molecule has 0 fully saturated rings. The van der Waals surface area contributed by atoms with Crippen LogP contribution in [0.4, 0.5) is 0 Å². The molecule has 1 aromatic heterocycles. The number of H-pyrrole nitrogens is 1. The van der Waals surface area contributed by atoms with Crippen molar-refractivity contribution in [1.29, 1.82) is 5.26 Å². The van der Waals surface area contributed by atoms with Crippen LogP contribution in [-0.4, -0.2) is 15.8 Å². The summed E-state index contributed by atoms with van der Waals surface area (Å²) in [6, 6.07) is 9.58. The molecule has 0 saturated carbocycles. The predicted octanol–water partition coefficient (Wildman–Crippen LogP) is 3.89. The minimum absolute atomic E-state index is 0.0969. The third-order valence-corrected chi connectivity index (χ3v) is 5.75. The zero-order chi connectivity index (χ0) is 13.4. The normalized spacial score (nSPS) is 21.6. The maximum atomic E-state index is 10.1. The fourth-order valence-corrected chi connectivity index (χ4v) is 5.08. The van der Waals surface area contributed by atoms with E-state index in [2.05, 4.69) is 11.1 Å². The summed E-state index contributed by atoms with van der Waals surface area (Å²) in [5.41, 5.74) is 0.806. The number of nitrogens with one attached hydrogen (secondary N) is 1. The maximum absolute atomic E-state index is 10.1. The number of para-hydroxylation sites is 1. The Morgan fingerprint density at radius 2 is 2.21 bits per heavy atom. The number of aromatic hydroxyl groups is 1. The van der Waals surface area contributed by atoms with Crippen molar-refractivity contribution in [2.24, 2.45) is 5.92 Å². The fourth-order valence-electron chi connectivity index (χ4n) is 2.31. The zero-order valence-corrected chi connectivity index (χ0v) is 12.2. The van der Waals surface area contributed by atoms with E-state index in [0.29, 0.717) is 5.75 Å². The summed E-state index contributed by atoms with van der Waals surface area (Å²) in [6.45, 7) is 0. The molecule has 2 atom stereocenters. The minimum atomic E-state index is -0.146. The minimum Gasteiger partial charge on any atom is -0.508 e. The van der Waals surface area contributed by atoms with Crippen LogP contribution in [0.5, 0.6) is 5.75 Å². The first-order chi connectivity index (χ1) is 9.20. The molecule has 2 heterocycles. The molecule has 0 radical (unpaired) electrons. The number of phenols is 1. The SMILES string of the molecule is N#C[C@@H]1CSc2[nH]c(=S)sc2[C@H]1c1ccccc1O.